The van der Waals surface area contributed by atoms with Gasteiger partial charge in [0.15, 0.2) is 0 Å². The molecule has 1 aromatic heterocycles. The largest absolute Gasteiger partial charge is 0.395 e. The Morgan fingerprint density at radius 2 is 2.30 bits per heavy atom. The summed E-state index contributed by atoms with van der Waals surface area (Å²) in [5.74, 6) is 0. The Kier molecular flexibility index (Phi) is 5.04. The third-order valence-corrected chi connectivity index (χ3v) is 5.02. The molecule has 1 aliphatic rings. The summed E-state index contributed by atoms with van der Waals surface area (Å²) in [5, 5.41) is 12.6. The summed E-state index contributed by atoms with van der Waals surface area (Å²) >= 11 is 9.17. The van der Waals surface area contributed by atoms with Crippen molar-refractivity contribution in [2.75, 3.05) is 26.0 Å². The molecule has 0 saturated carbocycles. The van der Waals surface area contributed by atoms with Gasteiger partial charge in [-0.25, -0.2) is 13.4 Å². The van der Waals surface area contributed by atoms with E-state index in [0.717, 1.165) is 11.8 Å². The molecular formula is C11H15BrClN3O3S. The number of aliphatic hydroxyl groups excluding tert-OH is 1. The lowest BCUT2D eigenvalue weighted by molar-refractivity contribution is 0.163. The SMILES string of the molecule is CS(=O)(=O)N1CC(CO)NCC1c1cc(Cl)nc(Br)c1. The van der Waals surface area contributed by atoms with Crippen molar-refractivity contribution in [3.8, 4) is 0 Å². The predicted octanol–water partition coefficient (Wildman–Crippen LogP) is 0.764. The number of sulfonamides is 1. The van der Waals surface area contributed by atoms with Crippen LogP contribution in [0.4, 0.5) is 0 Å². The number of piperazine rings is 1. The number of hydrogen-bond acceptors (Lipinski definition) is 5. The second-order valence-electron chi connectivity index (χ2n) is 4.68. The zero-order valence-electron chi connectivity index (χ0n) is 10.8. The zero-order chi connectivity index (χ0) is 14.9. The van der Waals surface area contributed by atoms with Crippen LogP contribution in [0.25, 0.3) is 0 Å². The van der Waals surface area contributed by atoms with Crippen LogP contribution in [0.1, 0.15) is 11.6 Å². The lowest BCUT2D eigenvalue weighted by Gasteiger charge is -2.38. The molecule has 0 aromatic carbocycles. The van der Waals surface area contributed by atoms with Crippen LogP contribution >= 0.6 is 27.5 Å². The molecule has 0 aliphatic carbocycles. The molecule has 6 nitrogen and oxygen atoms in total. The Morgan fingerprint density at radius 3 is 2.85 bits per heavy atom. The molecule has 1 aromatic rings. The van der Waals surface area contributed by atoms with Crippen molar-refractivity contribution in [2.45, 2.75) is 12.1 Å². The van der Waals surface area contributed by atoms with Gasteiger partial charge < -0.3 is 10.4 Å². The van der Waals surface area contributed by atoms with Crippen molar-refractivity contribution in [1.29, 1.82) is 0 Å². The summed E-state index contributed by atoms with van der Waals surface area (Å²) in [6.07, 6.45) is 1.16. The number of hydrogen-bond donors (Lipinski definition) is 2. The Balaban J connectivity index is 2.37. The average Bonchev–Trinajstić information content (AvgIpc) is 2.35. The van der Waals surface area contributed by atoms with Gasteiger partial charge >= 0.3 is 0 Å². The molecule has 1 fully saturated rings. The standard InChI is InChI=1S/C11H15BrClN3O3S/c1-20(18,19)16-5-8(6-17)14-4-9(16)7-2-10(12)15-11(13)3-7/h2-3,8-9,14,17H,4-6H2,1H3. The normalized spacial score (nSPS) is 24.8. The Morgan fingerprint density at radius 1 is 1.60 bits per heavy atom. The third kappa shape index (κ3) is 3.69. The van der Waals surface area contributed by atoms with E-state index in [1.165, 1.54) is 4.31 Å². The molecule has 2 rings (SSSR count). The van der Waals surface area contributed by atoms with E-state index in [4.69, 9.17) is 11.6 Å². The van der Waals surface area contributed by atoms with Gasteiger partial charge in [0.2, 0.25) is 10.0 Å². The van der Waals surface area contributed by atoms with E-state index in [0.29, 0.717) is 16.3 Å². The molecule has 2 N–H and O–H groups in total. The molecule has 0 amide bonds. The minimum atomic E-state index is -3.39. The molecule has 0 radical (unpaired) electrons. The van der Waals surface area contributed by atoms with Crippen LogP contribution in [0.5, 0.6) is 0 Å². The summed E-state index contributed by atoms with van der Waals surface area (Å²) in [4.78, 5) is 4.00. The monoisotopic (exact) mass is 383 g/mol. The predicted molar refractivity (Wildman–Crippen MR) is 80.1 cm³/mol. The van der Waals surface area contributed by atoms with E-state index >= 15 is 0 Å². The number of pyridine rings is 1. The van der Waals surface area contributed by atoms with E-state index in [-0.39, 0.29) is 25.2 Å². The molecule has 2 atom stereocenters. The van der Waals surface area contributed by atoms with Crippen LogP contribution < -0.4 is 5.32 Å². The fourth-order valence-electron chi connectivity index (χ4n) is 2.24. The number of aliphatic hydroxyl groups is 1. The summed E-state index contributed by atoms with van der Waals surface area (Å²) in [5.41, 5.74) is 0.756. The molecular weight excluding hydrogens is 370 g/mol. The number of halogens is 2. The molecule has 2 heterocycles. The van der Waals surface area contributed by atoms with Gasteiger partial charge in [-0.1, -0.05) is 11.6 Å². The van der Waals surface area contributed by atoms with Crippen LogP contribution in [0.3, 0.4) is 0 Å². The van der Waals surface area contributed by atoms with Crippen molar-refractivity contribution in [3.63, 3.8) is 0 Å². The Bertz CT molecular complexity index is 578. The van der Waals surface area contributed by atoms with Crippen molar-refractivity contribution in [2.24, 2.45) is 0 Å². The van der Waals surface area contributed by atoms with Gasteiger partial charge in [0.05, 0.1) is 18.9 Å². The smallest absolute Gasteiger partial charge is 0.211 e. The van der Waals surface area contributed by atoms with E-state index in [2.05, 4.69) is 26.2 Å². The molecule has 0 bridgehead atoms. The summed E-state index contributed by atoms with van der Waals surface area (Å²) in [6.45, 7) is 0.516. The maximum Gasteiger partial charge on any atom is 0.211 e. The highest BCUT2D eigenvalue weighted by Gasteiger charge is 2.34. The summed E-state index contributed by atoms with van der Waals surface area (Å²) < 4.78 is 25.8. The zero-order valence-corrected chi connectivity index (χ0v) is 13.9. The number of rotatable bonds is 3. The number of nitrogens with one attached hydrogen (secondary N) is 1. The van der Waals surface area contributed by atoms with E-state index in [9.17, 15) is 13.5 Å². The van der Waals surface area contributed by atoms with Gasteiger partial charge in [0.1, 0.15) is 9.76 Å². The molecule has 2 unspecified atom stereocenters. The topological polar surface area (TPSA) is 82.5 Å². The highest BCUT2D eigenvalue weighted by Crippen LogP contribution is 2.29. The van der Waals surface area contributed by atoms with Crippen LogP contribution in [0, 0.1) is 0 Å². The van der Waals surface area contributed by atoms with Crippen molar-refractivity contribution >= 4 is 37.6 Å². The van der Waals surface area contributed by atoms with Gasteiger partial charge in [-0.2, -0.15) is 4.31 Å². The van der Waals surface area contributed by atoms with Crippen molar-refractivity contribution in [3.05, 3.63) is 27.5 Å². The first-order valence-corrected chi connectivity index (χ1v) is 8.97. The highest BCUT2D eigenvalue weighted by atomic mass is 79.9. The first kappa shape index (κ1) is 16.1. The van der Waals surface area contributed by atoms with Crippen LogP contribution in [0.15, 0.2) is 16.7 Å². The maximum atomic E-state index is 12.0. The Hall–Kier alpha value is -0.250. The molecule has 1 aliphatic heterocycles. The minimum Gasteiger partial charge on any atom is -0.395 e. The molecule has 1 saturated heterocycles. The summed E-state index contributed by atoms with van der Waals surface area (Å²) in [6, 6.07) is 2.76. The van der Waals surface area contributed by atoms with Gasteiger partial charge in [-0.05, 0) is 33.6 Å². The number of aromatic nitrogens is 1. The second kappa shape index (κ2) is 6.25. The summed E-state index contributed by atoms with van der Waals surface area (Å²) in [7, 11) is -3.39. The van der Waals surface area contributed by atoms with Crippen LogP contribution in [-0.4, -0.2) is 54.8 Å². The molecule has 9 heteroatoms. The minimum absolute atomic E-state index is 0.112. The first-order valence-electron chi connectivity index (χ1n) is 5.95. The van der Waals surface area contributed by atoms with Crippen LogP contribution in [0.2, 0.25) is 5.15 Å². The quantitative estimate of drug-likeness (QED) is 0.752. The maximum absolute atomic E-state index is 12.0. The highest BCUT2D eigenvalue weighted by molar-refractivity contribution is 9.10. The number of nitrogens with zero attached hydrogens (tertiary/aromatic N) is 2. The van der Waals surface area contributed by atoms with E-state index in [1.54, 1.807) is 12.1 Å². The lowest BCUT2D eigenvalue weighted by atomic mass is 10.1. The second-order valence-corrected chi connectivity index (χ2v) is 7.82. The lowest BCUT2D eigenvalue weighted by Crippen LogP contribution is -2.55. The first-order chi connectivity index (χ1) is 9.31. The van der Waals surface area contributed by atoms with Gasteiger partial charge in [-0.3, -0.25) is 0 Å². The van der Waals surface area contributed by atoms with Gasteiger partial charge in [0, 0.05) is 19.1 Å². The molecule has 112 valence electrons. The Labute approximate surface area is 131 Å². The third-order valence-electron chi connectivity index (χ3n) is 3.16. The van der Waals surface area contributed by atoms with Crippen LogP contribution in [-0.2, 0) is 10.0 Å². The van der Waals surface area contributed by atoms with Crippen molar-refractivity contribution in [1.82, 2.24) is 14.6 Å². The fourth-order valence-corrected chi connectivity index (χ4v) is 4.12. The molecule has 0 spiro atoms. The fraction of sp³-hybridized carbons (Fsp3) is 0.545. The van der Waals surface area contributed by atoms with Crippen molar-refractivity contribution < 1.29 is 13.5 Å². The van der Waals surface area contributed by atoms with Gasteiger partial charge in [-0.15, -0.1) is 0 Å². The molecule has 20 heavy (non-hydrogen) atoms. The average molecular weight is 385 g/mol. The van der Waals surface area contributed by atoms with E-state index in [1.807, 2.05) is 0 Å². The van der Waals surface area contributed by atoms with Gasteiger partial charge in [0.25, 0.3) is 0 Å². The van der Waals surface area contributed by atoms with E-state index < -0.39 is 10.0 Å².